The maximum atomic E-state index is 13.1. The van der Waals surface area contributed by atoms with Crippen LogP contribution < -0.4 is 10.6 Å². The van der Waals surface area contributed by atoms with Crippen LogP contribution in [0.2, 0.25) is 0 Å². The number of hydrogen-bond acceptors (Lipinski definition) is 4. The molecule has 0 radical (unpaired) electrons. The van der Waals surface area contributed by atoms with Crippen molar-refractivity contribution in [3.05, 3.63) is 71.4 Å². The van der Waals surface area contributed by atoms with Crippen molar-refractivity contribution in [2.75, 3.05) is 11.9 Å². The molecular formula is C20H17F2N3O3. The summed E-state index contributed by atoms with van der Waals surface area (Å²) < 4.78 is 31.2. The molecule has 0 aliphatic carbocycles. The minimum absolute atomic E-state index is 0.00442. The summed E-state index contributed by atoms with van der Waals surface area (Å²) >= 11 is 0. The highest BCUT2D eigenvalue weighted by molar-refractivity contribution is 5.96. The average molecular weight is 385 g/mol. The van der Waals surface area contributed by atoms with E-state index < -0.39 is 11.7 Å². The Hall–Kier alpha value is -3.55. The fourth-order valence-electron chi connectivity index (χ4n) is 2.59. The number of halogens is 2. The zero-order valence-corrected chi connectivity index (χ0v) is 15.0. The number of hydrogen-bond donors (Lipinski definition) is 2. The number of nitrogens with one attached hydrogen (secondary N) is 2. The van der Waals surface area contributed by atoms with Gasteiger partial charge in [0.05, 0.1) is 11.3 Å². The van der Waals surface area contributed by atoms with Crippen molar-refractivity contribution in [2.24, 2.45) is 0 Å². The van der Waals surface area contributed by atoms with E-state index in [4.69, 9.17) is 4.52 Å². The van der Waals surface area contributed by atoms with Crippen LogP contribution in [-0.2, 0) is 4.79 Å². The largest absolute Gasteiger partial charge is 0.352 e. The van der Waals surface area contributed by atoms with Crippen LogP contribution in [0.1, 0.15) is 22.5 Å². The van der Waals surface area contributed by atoms with E-state index in [0.29, 0.717) is 22.4 Å². The van der Waals surface area contributed by atoms with Crippen LogP contribution in [0.25, 0.3) is 11.1 Å². The van der Waals surface area contributed by atoms with Gasteiger partial charge in [0.2, 0.25) is 11.8 Å². The molecule has 1 heterocycles. The number of benzene rings is 2. The lowest BCUT2D eigenvalue weighted by Gasteiger charge is -2.07. The molecule has 3 rings (SSSR count). The summed E-state index contributed by atoms with van der Waals surface area (Å²) in [6, 6.07) is 10.8. The molecule has 1 aromatic heterocycles. The van der Waals surface area contributed by atoms with E-state index in [9.17, 15) is 18.4 Å². The summed E-state index contributed by atoms with van der Waals surface area (Å²) in [5.74, 6) is -1.45. The second-order valence-corrected chi connectivity index (χ2v) is 6.04. The molecule has 6 nitrogen and oxygen atoms in total. The molecule has 144 valence electrons. The smallest absolute Gasteiger partial charge is 0.251 e. The van der Waals surface area contributed by atoms with Crippen LogP contribution in [-0.4, -0.2) is 23.5 Å². The minimum atomic E-state index is -0.435. The summed E-state index contributed by atoms with van der Waals surface area (Å²) in [5, 5.41) is 9.03. The van der Waals surface area contributed by atoms with Gasteiger partial charge in [0, 0.05) is 18.5 Å². The number of nitrogens with zero attached hydrogens (tertiary/aromatic N) is 1. The number of aromatic nitrogens is 1. The second-order valence-electron chi connectivity index (χ2n) is 6.04. The third-order valence-electron chi connectivity index (χ3n) is 3.99. The maximum absolute atomic E-state index is 13.1. The molecule has 0 unspecified atom stereocenters. The molecule has 0 saturated heterocycles. The van der Waals surface area contributed by atoms with E-state index >= 15 is 0 Å². The Bertz CT molecular complexity index is 983. The molecule has 3 aromatic rings. The summed E-state index contributed by atoms with van der Waals surface area (Å²) in [6.07, 6.45) is -0.00442. The lowest BCUT2D eigenvalue weighted by atomic mass is 10.1. The van der Waals surface area contributed by atoms with Crippen molar-refractivity contribution in [3.8, 4) is 11.1 Å². The van der Waals surface area contributed by atoms with Crippen molar-refractivity contribution >= 4 is 17.7 Å². The highest BCUT2D eigenvalue weighted by atomic mass is 19.1. The summed E-state index contributed by atoms with van der Waals surface area (Å²) in [5.41, 5.74) is 2.06. The summed E-state index contributed by atoms with van der Waals surface area (Å²) in [7, 11) is 0. The zero-order chi connectivity index (χ0) is 20.1. The third-order valence-corrected chi connectivity index (χ3v) is 3.99. The van der Waals surface area contributed by atoms with Crippen LogP contribution >= 0.6 is 0 Å². The predicted molar refractivity (Wildman–Crippen MR) is 98.6 cm³/mol. The van der Waals surface area contributed by atoms with Gasteiger partial charge < -0.3 is 9.84 Å². The topological polar surface area (TPSA) is 84.2 Å². The minimum Gasteiger partial charge on any atom is -0.352 e. The normalized spacial score (nSPS) is 10.5. The quantitative estimate of drug-likeness (QED) is 0.678. The van der Waals surface area contributed by atoms with E-state index in [2.05, 4.69) is 15.8 Å². The molecule has 2 amide bonds. The van der Waals surface area contributed by atoms with E-state index in [-0.39, 0.29) is 30.6 Å². The van der Waals surface area contributed by atoms with Crippen molar-refractivity contribution in [1.29, 1.82) is 0 Å². The van der Waals surface area contributed by atoms with Gasteiger partial charge in [0.25, 0.3) is 5.91 Å². The molecule has 0 saturated carbocycles. The fraction of sp³-hybridized carbons (Fsp3) is 0.150. The van der Waals surface area contributed by atoms with Crippen molar-refractivity contribution < 1.29 is 22.9 Å². The second kappa shape index (κ2) is 8.43. The molecule has 2 N–H and O–H groups in total. The molecule has 28 heavy (non-hydrogen) atoms. The number of carbonyl (C=O) groups excluding carboxylic acids is 2. The highest BCUT2D eigenvalue weighted by Crippen LogP contribution is 2.31. The van der Waals surface area contributed by atoms with E-state index in [1.54, 1.807) is 19.1 Å². The lowest BCUT2D eigenvalue weighted by molar-refractivity contribution is -0.116. The van der Waals surface area contributed by atoms with Crippen LogP contribution in [0.3, 0.4) is 0 Å². The van der Waals surface area contributed by atoms with Gasteiger partial charge in [0.1, 0.15) is 11.6 Å². The van der Waals surface area contributed by atoms with Gasteiger partial charge >= 0.3 is 0 Å². The molecule has 0 bridgehead atoms. The number of anilines is 1. The first-order chi connectivity index (χ1) is 13.4. The number of aryl methyl sites for hydroxylation is 1. The van der Waals surface area contributed by atoms with Crippen LogP contribution in [0.15, 0.2) is 53.1 Å². The molecule has 0 aliphatic rings. The molecule has 0 fully saturated rings. The van der Waals surface area contributed by atoms with Crippen molar-refractivity contribution in [2.45, 2.75) is 13.3 Å². The van der Waals surface area contributed by atoms with E-state index in [1.165, 1.54) is 36.4 Å². The van der Waals surface area contributed by atoms with Crippen molar-refractivity contribution in [3.63, 3.8) is 0 Å². The van der Waals surface area contributed by atoms with Crippen molar-refractivity contribution in [1.82, 2.24) is 10.5 Å². The number of carbonyl (C=O) groups is 2. The van der Waals surface area contributed by atoms with Gasteiger partial charge in [0.15, 0.2) is 0 Å². The number of amides is 2. The zero-order valence-electron chi connectivity index (χ0n) is 15.0. The third kappa shape index (κ3) is 4.59. The van der Waals surface area contributed by atoms with Gasteiger partial charge in [-0.05, 0) is 48.9 Å². The van der Waals surface area contributed by atoms with Crippen LogP contribution in [0.5, 0.6) is 0 Å². The molecule has 2 aromatic carbocycles. The van der Waals surface area contributed by atoms with E-state index in [1.807, 2.05) is 0 Å². The Morgan fingerprint density at radius 1 is 1.00 bits per heavy atom. The van der Waals surface area contributed by atoms with Gasteiger partial charge in [-0.25, -0.2) is 8.78 Å². The predicted octanol–water partition coefficient (Wildman–Crippen LogP) is 3.69. The molecular weight excluding hydrogens is 368 g/mol. The fourth-order valence-corrected chi connectivity index (χ4v) is 2.59. The molecule has 0 atom stereocenters. The first-order valence-electron chi connectivity index (χ1n) is 8.50. The Balaban J connectivity index is 1.57. The Kier molecular flexibility index (Phi) is 5.78. The van der Waals surface area contributed by atoms with Gasteiger partial charge in [-0.3, -0.25) is 14.9 Å². The summed E-state index contributed by atoms with van der Waals surface area (Å²) in [6.45, 7) is 1.79. The van der Waals surface area contributed by atoms with E-state index in [0.717, 1.165) is 0 Å². The summed E-state index contributed by atoms with van der Waals surface area (Å²) in [4.78, 5) is 24.1. The standard InChI is InChI=1S/C20H17F2N3O3/c1-12-18(13-2-6-15(21)7-3-13)20(28-25-12)24-17(26)10-11-23-19(27)14-4-8-16(22)9-5-14/h2-9H,10-11H2,1H3,(H,23,27)(H,24,26). The average Bonchev–Trinajstić information content (AvgIpc) is 3.03. The number of rotatable bonds is 6. The first kappa shape index (κ1) is 19.2. The Morgan fingerprint density at radius 2 is 1.61 bits per heavy atom. The SMILES string of the molecule is Cc1noc(NC(=O)CCNC(=O)c2ccc(F)cc2)c1-c1ccc(F)cc1. The molecule has 0 aliphatic heterocycles. The monoisotopic (exact) mass is 385 g/mol. The highest BCUT2D eigenvalue weighted by Gasteiger charge is 2.17. The Morgan fingerprint density at radius 3 is 2.25 bits per heavy atom. The first-order valence-corrected chi connectivity index (χ1v) is 8.50. The lowest BCUT2D eigenvalue weighted by Crippen LogP contribution is -2.27. The maximum Gasteiger partial charge on any atom is 0.251 e. The van der Waals surface area contributed by atoms with Crippen LogP contribution in [0, 0.1) is 18.6 Å². The van der Waals surface area contributed by atoms with Crippen LogP contribution in [0.4, 0.5) is 14.7 Å². The van der Waals surface area contributed by atoms with Gasteiger partial charge in [-0.15, -0.1) is 0 Å². The Labute approximate surface area is 159 Å². The molecule has 8 heteroatoms. The van der Waals surface area contributed by atoms with Gasteiger partial charge in [-0.1, -0.05) is 17.3 Å². The van der Waals surface area contributed by atoms with Gasteiger partial charge in [-0.2, -0.15) is 0 Å². The molecule has 0 spiro atoms.